The van der Waals surface area contributed by atoms with Crippen molar-refractivity contribution in [2.75, 3.05) is 44.2 Å². The second-order valence-electron chi connectivity index (χ2n) is 7.04. The maximum atomic E-state index is 12.2. The van der Waals surface area contributed by atoms with Crippen LogP contribution in [0.4, 0.5) is 5.69 Å². The second kappa shape index (κ2) is 8.89. The van der Waals surface area contributed by atoms with Gasteiger partial charge in [-0.25, -0.2) is 0 Å². The number of benzene rings is 1. The first-order valence-corrected chi connectivity index (χ1v) is 9.32. The fourth-order valence-corrected chi connectivity index (χ4v) is 3.63. The maximum absolute atomic E-state index is 12.2. The lowest BCUT2D eigenvalue weighted by Crippen LogP contribution is -2.44. The molecule has 2 aliphatic rings. The highest BCUT2D eigenvalue weighted by Gasteiger charge is 2.21. The van der Waals surface area contributed by atoms with E-state index in [9.17, 15) is 9.59 Å². The second-order valence-corrected chi connectivity index (χ2v) is 7.04. The Kier molecular flexibility index (Phi) is 6.32. The predicted octanol–water partition coefficient (Wildman–Crippen LogP) is 0.0470. The number of aliphatic carboxylic acids is 1. The topological polar surface area (TPSA) is 84.9 Å². The zero-order valence-electron chi connectivity index (χ0n) is 15.4. The molecule has 1 atom stereocenters. The van der Waals surface area contributed by atoms with Gasteiger partial charge in [-0.1, -0.05) is 12.0 Å². The van der Waals surface area contributed by atoms with Crippen molar-refractivity contribution in [1.82, 2.24) is 15.5 Å². The molecule has 1 aromatic rings. The van der Waals surface area contributed by atoms with Gasteiger partial charge in [0.1, 0.15) is 6.04 Å². The average molecular weight is 370 g/mol. The van der Waals surface area contributed by atoms with Gasteiger partial charge in [0.15, 0.2) is 0 Å². The molecule has 3 rings (SSSR count). The van der Waals surface area contributed by atoms with Crippen LogP contribution in [0.25, 0.3) is 0 Å². The number of carbonyl (C=O) groups is 2. The van der Waals surface area contributed by atoms with Crippen molar-refractivity contribution in [3.8, 4) is 12.3 Å². The number of nitrogens with zero attached hydrogens (tertiary/aromatic N) is 2. The van der Waals surface area contributed by atoms with E-state index >= 15 is 0 Å². The molecule has 1 amide bonds. The summed E-state index contributed by atoms with van der Waals surface area (Å²) >= 11 is 0. The van der Waals surface area contributed by atoms with Crippen LogP contribution in [0.15, 0.2) is 18.2 Å². The standard InChI is InChI=1S/C20H26N4O3/c1-2-17(12-20(26)27)22-19(25)14-23-8-5-15-3-4-18(11-16(15)13-23)24-9-6-21-7-10-24/h1,3-4,11,17,21H,5-10,12-14H2,(H,22,25)(H,26,27)/t17-/m1/s1. The lowest BCUT2D eigenvalue weighted by atomic mass is 9.98. The molecule has 0 aliphatic carbocycles. The SMILES string of the molecule is C#C[C@H](CC(=O)O)NC(=O)CN1CCc2ccc(N3CCNCC3)cc2C1. The van der Waals surface area contributed by atoms with Gasteiger partial charge in [0.05, 0.1) is 13.0 Å². The Balaban J connectivity index is 1.59. The molecule has 0 bridgehead atoms. The summed E-state index contributed by atoms with van der Waals surface area (Å²) < 4.78 is 0. The molecule has 3 N–H and O–H groups in total. The van der Waals surface area contributed by atoms with Crippen molar-refractivity contribution in [2.24, 2.45) is 0 Å². The number of hydrogen-bond donors (Lipinski definition) is 3. The first-order valence-electron chi connectivity index (χ1n) is 9.32. The Morgan fingerprint density at radius 1 is 1.26 bits per heavy atom. The Bertz CT molecular complexity index is 737. The van der Waals surface area contributed by atoms with Crippen LogP contribution in [0.1, 0.15) is 17.5 Å². The van der Waals surface area contributed by atoms with Crippen LogP contribution >= 0.6 is 0 Å². The molecule has 1 fully saturated rings. The van der Waals surface area contributed by atoms with Crippen molar-refractivity contribution < 1.29 is 14.7 Å². The van der Waals surface area contributed by atoms with E-state index in [1.54, 1.807) is 0 Å². The number of hydrogen-bond acceptors (Lipinski definition) is 5. The molecule has 0 aromatic heterocycles. The molecule has 1 aromatic carbocycles. The molecule has 27 heavy (non-hydrogen) atoms. The molecule has 0 spiro atoms. The minimum Gasteiger partial charge on any atom is -0.481 e. The smallest absolute Gasteiger partial charge is 0.306 e. The molecule has 0 unspecified atom stereocenters. The third kappa shape index (κ3) is 5.22. The molecular weight excluding hydrogens is 344 g/mol. The highest BCUT2D eigenvalue weighted by Crippen LogP contribution is 2.25. The Morgan fingerprint density at radius 3 is 2.74 bits per heavy atom. The van der Waals surface area contributed by atoms with E-state index in [0.717, 1.165) is 39.1 Å². The number of carboxylic acid groups (broad SMARTS) is 1. The molecule has 2 aliphatic heterocycles. The van der Waals surface area contributed by atoms with Crippen LogP contribution in [0.3, 0.4) is 0 Å². The number of terminal acetylenes is 1. The largest absolute Gasteiger partial charge is 0.481 e. The average Bonchev–Trinajstić information content (AvgIpc) is 2.67. The first-order chi connectivity index (χ1) is 13.0. The van der Waals surface area contributed by atoms with Crippen LogP contribution in [-0.2, 0) is 22.6 Å². The summed E-state index contributed by atoms with van der Waals surface area (Å²) in [4.78, 5) is 27.5. The number of carboxylic acids is 1. The maximum Gasteiger partial charge on any atom is 0.306 e. The lowest BCUT2D eigenvalue weighted by Gasteiger charge is -2.32. The third-order valence-electron chi connectivity index (χ3n) is 5.05. The van der Waals surface area contributed by atoms with Gasteiger partial charge in [0.2, 0.25) is 5.91 Å². The van der Waals surface area contributed by atoms with E-state index < -0.39 is 12.0 Å². The minimum atomic E-state index is -1.02. The van der Waals surface area contributed by atoms with E-state index in [1.807, 2.05) is 0 Å². The third-order valence-corrected chi connectivity index (χ3v) is 5.05. The Labute approximate surface area is 159 Å². The Morgan fingerprint density at radius 2 is 2.04 bits per heavy atom. The van der Waals surface area contributed by atoms with Gasteiger partial charge in [-0.2, -0.15) is 0 Å². The summed E-state index contributed by atoms with van der Waals surface area (Å²) in [6.45, 7) is 5.72. The highest BCUT2D eigenvalue weighted by atomic mass is 16.4. The first kappa shape index (κ1) is 19.2. The number of anilines is 1. The van der Waals surface area contributed by atoms with Crippen LogP contribution < -0.4 is 15.5 Å². The number of amides is 1. The zero-order chi connectivity index (χ0) is 19.2. The van der Waals surface area contributed by atoms with Crippen molar-refractivity contribution in [3.63, 3.8) is 0 Å². The Hall–Kier alpha value is -2.56. The molecule has 0 radical (unpaired) electrons. The number of carbonyl (C=O) groups excluding carboxylic acids is 1. The predicted molar refractivity (Wildman–Crippen MR) is 104 cm³/mol. The van der Waals surface area contributed by atoms with Crippen molar-refractivity contribution in [3.05, 3.63) is 29.3 Å². The van der Waals surface area contributed by atoms with Gasteiger partial charge in [0.25, 0.3) is 0 Å². The molecule has 2 heterocycles. The van der Waals surface area contributed by atoms with Crippen molar-refractivity contribution >= 4 is 17.6 Å². The van der Waals surface area contributed by atoms with Crippen LogP contribution in [0.2, 0.25) is 0 Å². The van der Waals surface area contributed by atoms with Gasteiger partial charge in [-0.3, -0.25) is 14.5 Å². The minimum absolute atomic E-state index is 0.217. The highest BCUT2D eigenvalue weighted by molar-refractivity contribution is 5.80. The van der Waals surface area contributed by atoms with Crippen LogP contribution in [0.5, 0.6) is 0 Å². The fraction of sp³-hybridized carbons (Fsp3) is 0.500. The molecule has 0 saturated carbocycles. The van der Waals surface area contributed by atoms with Crippen LogP contribution in [0, 0.1) is 12.3 Å². The molecule has 7 nitrogen and oxygen atoms in total. The summed E-state index contributed by atoms with van der Waals surface area (Å²) in [5, 5.41) is 14.8. The number of rotatable bonds is 6. The van der Waals surface area contributed by atoms with Gasteiger partial charge in [0, 0.05) is 45.0 Å². The van der Waals surface area contributed by atoms with Gasteiger partial charge in [-0.05, 0) is 29.7 Å². The van der Waals surface area contributed by atoms with Crippen molar-refractivity contribution in [1.29, 1.82) is 0 Å². The van der Waals surface area contributed by atoms with E-state index in [4.69, 9.17) is 11.5 Å². The quantitative estimate of drug-likeness (QED) is 0.614. The van der Waals surface area contributed by atoms with Crippen molar-refractivity contribution in [2.45, 2.75) is 25.4 Å². The lowest BCUT2D eigenvalue weighted by molar-refractivity contribution is -0.137. The molecule has 144 valence electrons. The van der Waals surface area contributed by atoms with E-state index in [0.29, 0.717) is 6.54 Å². The summed E-state index contributed by atoms with van der Waals surface area (Å²) in [6.07, 6.45) is 5.94. The monoisotopic (exact) mass is 370 g/mol. The molecular formula is C20H26N4O3. The van der Waals surface area contributed by atoms with Gasteiger partial charge >= 0.3 is 5.97 Å². The fourth-order valence-electron chi connectivity index (χ4n) is 3.63. The van der Waals surface area contributed by atoms with E-state index in [-0.39, 0.29) is 18.9 Å². The summed E-state index contributed by atoms with van der Waals surface area (Å²) in [6, 6.07) is 5.85. The van der Waals surface area contributed by atoms with Gasteiger partial charge < -0.3 is 20.6 Å². The normalized spacial score (nSPS) is 18.3. The number of piperazine rings is 1. The summed E-state index contributed by atoms with van der Waals surface area (Å²) in [5.41, 5.74) is 3.82. The summed E-state index contributed by atoms with van der Waals surface area (Å²) in [7, 11) is 0. The number of fused-ring (bicyclic) bond motifs is 1. The van der Waals surface area contributed by atoms with Gasteiger partial charge in [-0.15, -0.1) is 6.42 Å². The van der Waals surface area contributed by atoms with Crippen LogP contribution in [-0.4, -0.2) is 67.2 Å². The van der Waals surface area contributed by atoms with E-state index in [1.165, 1.54) is 16.8 Å². The summed E-state index contributed by atoms with van der Waals surface area (Å²) in [5.74, 6) is 1.06. The van der Waals surface area contributed by atoms with E-state index in [2.05, 4.69) is 44.6 Å². The molecule has 1 saturated heterocycles. The molecule has 7 heteroatoms. The zero-order valence-corrected chi connectivity index (χ0v) is 15.4. The number of nitrogens with one attached hydrogen (secondary N) is 2.